The number of carbonyl (C=O) groups is 1. The molecule has 1 aliphatic rings. The highest BCUT2D eigenvalue weighted by Crippen LogP contribution is 2.27. The normalized spacial score (nSPS) is 14.6. The van der Waals surface area contributed by atoms with Crippen molar-refractivity contribution >= 4 is 21.8 Å². The van der Waals surface area contributed by atoms with Gasteiger partial charge in [0.05, 0.1) is 6.54 Å². The van der Waals surface area contributed by atoms with E-state index in [0.717, 1.165) is 18.0 Å². The van der Waals surface area contributed by atoms with Crippen molar-refractivity contribution in [3.8, 4) is 0 Å². The zero-order valence-corrected chi connectivity index (χ0v) is 11.6. The molecule has 1 aromatic carbocycles. The van der Waals surface area contributed by atoms with E-state index in [-0.39, 0.29) is 11.7 Å². The van der Waals surface area contributed by atoms with Crippen molar-refractivity contribution in [3.05, 3.63) is 34.1 Å². The van der Waals surface area contributed by atoms with Crippen molar-refractivity contribution < 1.29 is 9.18 Å². The first-order chi connectivity index (χ1) is 8.63. The van der Waals surface area contributed by atoms with E-state index in [1.807, 2.05) is 0 Å². The molecule has 1 aromatic rings. The van der Waals surface area contributed by atoms with Crippen LogP contribution in [0.1, 0.15) is 18.4 Å². The molecule has 0 spiro atoms. The van der Waals surface area contributed by atoms with Crippen LogP contribution in [0.15, 0.2) is 22.7 Å². The molecule has 0 unspecified atom stereocenters. The van der Waals surface area contributed by atoms with E-state index >= 15 is 0 Å². The van der Waals surface area contributed by atoms with E-state index in [0.29, 0.717) is 17.6 Å². The number of halogens is 2. The first-order valence-electron chi connectivity index (χ1n) is 6.06. The van der Waals surface area contributed by atoms with Gasteiger partial charge in [0.2, 0.25) is 5.91 Å². The molecule has 98 valence electrons. The third-order valence-electron chi connectivity index (χ3n) is 2.83. The van der Waals surface area contributed by atoms with Crippen LogP contribution < -0.4 is 10.6 Å². The predicted molar refractivity (Wildman–Crippen MR) is 71.5 cm³/mol. The van der Waals surface area contributed by atoms with E-state index in [4.69, 9.17) is 0 Å². The van der Waals surface area contributed by atoms with E-state index in [9.17, 15) is 9.18 Å². The van der Waals surface area contributed by atoms with Gasteiger partial charge in [-0.15, -0.1) is 0 Å². The average molecular weight is 315 g/mol. The lowest BCUT2D eigenvalue weighted by molar-refractivity contribution is -0.120. The Balaban J connectivity index is 1.70. The van der Waals surface area contributed by atoms with Crippen LogP contribution in [0.5, 0.6) is 0 Å². The third kappa shape index (κ3) is 4.74. The van der Waals surface area contributed by atoms with E-state index in [1.165, 1.54) is 25.0 Å². The maximum atomic E-state index is 13.1. The van der Waals surface area contributed by atoms with Crippen LogP contribution in [0, 0.1) is 11.7 Å². The molecule has 0 saturated heterocycles. The summed E-state index contributed by atoms with van der Waals surface area (Å²) in [6, 6.07) is 4.60. The molecule has 1 aliphatic carbocycles. The summed E-state index contributed by atoms with van der Waals surface area (Å²) in [7, 11) is 0. The molecule has 5 heteroatoms. The topological polar surface area (TPSA) is 41.1 Å². The minimum atomic E-state index is -0.305. The molecule has 2 rings (SSSR count). The van der Waals surface area contributed by atoms with Crippen LogP contribution in [-0.2, 0) is 11.3 Å². The molecule has 3 nitrogen and oxygen atoms in total. The Labute approximate surface area is 114 Å². The number of amides is 1. The summed E-state index contributed by atoms with van der Waals surface area (Å²) >= 11 is 3.22. The highest BCUT2D eigenvalue weighted by atomic mass is 79.9. The molecule has 0 aromatic heterocycles. The zero-order chi connectivity index (χ0) is 13.0. The lowest BCUT2D eigenvalue weighted by Gasteiger charge is -2.07. The molecule has 0 atom stereocenters. The number of carbonyl (C=O) groups excluding carboxylic acids is 1. The molecular weight excluding hydrogens is 299 g/mol. The van der Waals surface area contributed by atoms with Gasteiger partial charge in [0, 0.05) is 11.0 Å². The van der Waals surface area contributed by atoms with Crippen LogP contribution in [0.2, 0.25) is 0 Å². The lowest BCUT2D eigenvalue weighted by Crippen LogP contribution is -2.34. The number of hydrogen-bond acceptors (Lipinski definition) is 2. The molecule has 2 N–H and O–H groups in total. The summed E-state index contributed by atoms with van der Waals surface area (Å²) in [5.41, 5.74) is 0.748. The van der Waals surface area contributed by atoms with Crippen LogP contribution in [-0.4, -0.2) is 19.0 Å². The van der Waals surface area contributed by atoms with Crippen LogP contribution in [0.3, 0.4) is 0 Å². The second-order valence-corrected chi connectivity index (χ2v) is 5.54. The van der Waals surface area contributed by atoms with Gasteiger partial charge in [-0.2, -0.15) is 0 Å². The molecule has 0 aliphatic heterocycles. The summed E-state index contributed by atoms with van der Waals surface area (Å²) in [6.07, 6.45) is 2.54. The molecule has 1 fully saturated rings. The summed E-state index contributed by atoms with van der Waals surface area (Å²) in [5.74, 6) is 0.397. The summed E-state index contributed by atoms with van der Waals surface area (Å²) < 4.78 is 13.8. The molecule has 0 bridgehead atoms. The Bertz CT molecular complexity index is 415. The van der Waals surface area contributed by atoms with Gasteiger partial charge in [0.25, 0.3) is 0 Å². The minimum Gasteiger partial charge on any atom is -0.351 e. The van der Waals surface area contributed by atoms with Crippen LogP contribution in [0.4, 0.5) is 4.39 Å². The summed E-state index contributed by atoms with van der Waals surface area (Å²) in [4.78, 5) is 11.5. The van der Waals surface area contributed by atoms with Gasteiger partial charge < -0.3 is 10.6 Å². The number of rotatable bonds is 6. The van der Waals surface area contributed by atoms with Crippen LogP contribution >= 0.6 is 15.9 Å². The second kappa shape index (κ2) is 6.29. The average Bonchev–Trinajstić information content (AvgIpc) is 3.09. The highest BCUT2D eigenvalue weighted by molar-refractivity contribution is 9.10. The molecule has 0 radical (unpaired) electrons. The van der Waals surface area contributed by atoms with Gasteiger partial charge >= 0.3 is 0 Å². The maximum absolute atomic E-state index is 13.1. The molecule has 0 heterocycles. The van der Waals surface area contributed by atoms with Crippen LogP contribution in [0.25, 0.3) is 0 Å². The Hall–Kier alpha value is -0.940. The smallest absolute Gasteiger partial charge is 0.234 e. The number of nitrogens with one attached hydrogen (secondary N) is 2. The summed E-state index contributed by atoms with van der Waals surface area (Å²) in [5, 5.41) is 5.87. The van der Waals surface area contributed by atoms with Gasteiger partial charge in [-0.05, 0) is 49.1 Å². The Morgan fingerprint density at radius 2 is 2.17 bits per heavy atom. The van der Waals surface area contributed by atoms with Crippen molar-refractivity contribution in [2.75, 3.05) is 13.1 Å². The number of hydrogen-bond donors (Lipinski definition) is 2. The lowest BCUT2D eigenvalue weighted by atomic mass is 10.2. The van der Waals surface area contributed by atoms with Gasteiger partial charge in [0.1, 0.15) is 5.82 Å². The Kier molecular flexibility index (Phi) is 4.72. The molecule has 18 heavy (non-hydrogen) atoms. The SMILES string of the molecule is O=C(CNCC1CC1)NCc1cc(F)cc(Br)c1. The highest BCUT2D eigenvalue weighted by Gasteiger charge is 2.20. The van der Waals surface area contributed by atoms with Crippen molar-refractivity contribution in [2.45, 2.75) is 19.4 Å². The third-order valence-corrected chi connectivity index (χ3v) is 3.29. The first kappa shape index (κ1) is 13.5. The van der Waals surface area contributed by atoms with Crippen molar-refractivity contribution in [2.24, 2.45) is 5.92 Å². The fraction of sp³-hybridized carbons (Fsp3) is 0.462. The summed E-state index contributed by atoms with van der Waals surface area (Å²) in [6.45, 7) is 1.59. The Morgan fingerprint density at radius 1 is 1.39 bits per heavy atom. The fourth-order valence-corrected chi connectivity index (χ4v) is 2.20. The second-order valence-electron chi connectivity index (χ2n) is 4.63. The van der Waals surface area contributed by atoms with Crippen molar-refractivity contribution in [1.82, 2.24) is 10.6 Å². The fourth-order valence-electron chi connectivity index (χ4n) is 1.69. The van der Waals surface area contributed by atoms with E-state index < -0.39 is 0 Å². The van der Waals surface area contributed by atoms with Crippen molar-refractivity contribution in [1.29, 1.82) is 0 Å². The zero-order valence-electron chi connectivity index (χ0n) is 10.0. The van der Waals surface area contributed by atoms with Crippen molar-refractivity contribution in [3.63, 3.8) is 0 Å². The van der Waals surface area contributed by atoms with Gasteiger partial charge in [-0.1, -0.05) is 15.9 Å². The Morgan fingerprint density at radius 3 is 2.83 bits per heavy atom. The molecule has 1 amide bonds. The first-order valence-corrected chi connectivity index (χ1v) is 6.85. The van der Waals surface area contributed by atoms with Gasteiger partial charge in [-0.3, -0.25) is 4.79 Å². The monoisotopic (exact) mass is 314 g/mol. The minimum absolute atomic E-state index is 0.0592. The molecular formula is C13H16BrFN2O. The maximum Gasteiger partial charge on any atom is 0.234 e. The molecule has 1 saturated carbocycles. The van der Waals surface area contributed by atoms with E-state index in [2.05, 4.69) is 26.6 Å². The number of benzene rings is 1. The van der Waals surface area contributed by atoms with Gasteiger partial charge in [0.15, 0.2) is 0 Å². The standard InChI is InChI=1S/C13H16BrFN2O/c14-11-3-10(4-12(15)5-11)7-17-13(18)8-16-6-9-1-2-9/h3-5,9,16H,1-2,6-8H2,(H,17,18). The largest absolute Gasteiger partial charge is 0.351 e. The predicted octanol–water partition coefficient (Wildman–Crippen LogP) is 2.20. The quantitative estimate of drug-likeness (QED) is 0.845. The van der Waals surface area contributed by atoms with E-state index in [1.54, 1.807) is 6.07 Å². The van der Waals surface area contributed by atoms with Gasteiger partial charge in [-0.25, -0.2) is 4.39 Å².